The molecule has 3 rings (SSSR count). The molecule has 124 valence electrons. The maximum absolute atomic E-state index is 12.4. The Hall–Kier alpha value is -3.09. The van der Waals surface area contributed by atoms with Crippen molar-refractivity contribution in [2.75, 3.05) is 0 Å². The summed E-state index contributed by atoms with van der Waals surface area (Å²) in [5, 5.41) is 6.66. The van der Waals surface area contributed by atoms with Gasteiger partial charge in [0.15, 0.2) is 0 Å². The highest BCUT2D eigenvalue weighted by Gasteiger charge is 2.16. The lowest BCUT2D eigenvalue weighted by Gasteiger charge is -2.08. The van der Waals surface area contributed by atoms with Crippen molar-refractivity contribution in [1.82, 2.24) is 20.0 Å². The third-order valence-corrected chi connectivity index (χ3v) is 3.89. The summed E-state index contributed by atoms with van der Waals surface area (Å²) in [5.41, 5.74) is 2.50. The number of amides is 1. The number of hydrogen-bond donors (Lipinski definition) is 2. The minimum atomic E-state index is -0.329. The molecule has 0 saturated heterocycles. The molecule has 0 atom stereocenters. The Bertz CT molecular complexity index is 886. The summed E-state index contributed by atoms with van der Waals surface area (Å²) in [5.74, 6) is 0.341. The first-order valence-electron chi connectivity index (χ1n) is 7.58. The van der Waals surface area contributed by atoms with Gasteiger partial charge in [0.05, 0.1) is 12.2 Å². The maximum Gasteiger partial charge on any atom is 0.326 e. The van der Waals surface area contributed by atoms with Crippen LogP contribution in [0.25, 0.3) is 0 Å². The first kappa shape index (κ1) is 15.8. The minimum Gasteiger partial charge on any atom is -0.361 e. The molecule has 2 N–H and O–H groups in total. The Morgan fingerprint density at radius 1 is 1.29 bits per heavy atom. The number of nitrogens with one attached hydrogen (secondary N) is 2. The average molecular weight is 326 g/mol. The summed E-state index contributed by atoms with van der Waals surface area (Å²) in [6.07, 6.45) is 1.42. The van der Waals surface area contributed by atoms with Crippen LogP contribution in [0.3, 0.4) is 0 Å². The van der Waals surface area contributed by atoms with Crippen LogP contribution in [0.5, 0.6) is 0 Å². The fraction of sp³-hybridized carbons (Fsp3) is 0.235. The van der Waals surface area contributed by atoms with Crippen LogP contribution < -0.4 is 11.0 Å². The smallest absolute Gasteiger partial charge is 0.326 e. The number of carbonyl (C=O) groups is 1. The van der Waals surface area contributed by atoms with Gasteiger partial charge in [-0.1, -0.05) is 35.5 Å². The monoisotopic (exact) mass is 326 g/mol. The molecule has 2 aromatic heterocycles. The summed E-state index contributed by atoms with van der Waals surface area (Å²) in [4.78, 5) is 27.0. The normalized spacial score (nSPS) is 10.8. The maximum atomic E-state index is 12.4. The molecule has 0 spiro atoms. The standard InChI is InChI=1S/C17H18N4O3/c1-11-14(12(2)24-20-11)8-18-16(22)15-9-19-17(23)21(15)10-13-6-4-3-5-7-13/h3-7,9H,8,10H2,1-2H3,(H,18,22)(H,19,23). The van der Waals surface area contributed by atoms with Gasteiger partial charge in [0.1, 0.15) is 11.5 Å². The Balaban J connectivity index is 1.77. The molecule has 0 fully saturated rings. The first-order chi connectivity index (χ1) is 11.6. The second-order valence-electron chi connectivity index (χ2n) is 5.54. The van der Waals surface area contributed by atoms with E-state index in [4.69, 9.17) is 4.52 Å². The molecule has 0 unspecified atom stereocenters. The summed E-state index contributed by atoms with van der Waals surface area (Å²) < 4.78 is 6.49. The van der Waals surface area contributed by atoms with Crippen molar-refractivity contribution in [1.29, 1.82) is 0 Å². The number of nitrogens with zero attached hydrogens (tertiary/aromatic N) is 2. The molecule has 1 amide bonds. The molecule has 7 heteroatoms. The topological polar surface area (TPSA) is 92.9 Å². The lowest BCUT2D eigenvalue weighted by Crippen LogP contribution is -2.29. The van der Waals surface area contributed by atoms with Crippen LogP contribution in [0.4, 0.5) is 0 Å². The van der Waals surface area contributed by atoms with Gasteiger partial charge in [0.25, 0.3) is 5.91 Å². The van der Waals surface area contributed by atoms with Crippen LogP contribution in [-0.4, -0.2) is 20.6 Å². The lowest BCUT2D eigenvalue weighted by molar-refractivity contribution is 0.0941. The number of carbonyl (C=O) groups excluding carboxylic acids is 1. The van der Waals surface area contributed by atoms with E-state index in [0.717, 1.165) is 16.8 Å². The highest BCUT2D eigenvalue weighted by molar-refractivity contribution is 5.92. The molecule has 24 heavy (non-hydrogen) atoms. The molecule has 0 aliphatic carbocycles. The quantitative estimate of drug-likeness (QED) is 0.747. The van der Waals surface area contributed by atoms with Crippen molar-refractivity contribution < 1.29 is 9.32 Å². The van der Waals surface area contributed by atoms with E-state index >= 15 is 0 Å². The van der Waals surface area contributed by atoms with Crippen LogP contribution in [0, 0.1) is 13.8 Å². The van der Waals surface area contributed by atoms with Gasteiger partial charge in [-0.2, -0.15) is 0 Å². The summed E-state index contributed by atoms with van der Waals surface area (Å²) in [7, 11) is 0. The highest BCUT2D eigenvalue weighted by atomic mass is 16.5. The second kappa shape index (κ2) is 6.57. The van der Waals surface area contributed by atoms with Crippen molar-refractivity contribution in [3.05, 3.63) is 75.3 Å². The van der Waals surface area contributed by atoms with E-state index < -0.39 is 0 Å². The van der Waals surface area contributed by atoms with E-state index in [1.165, 1.54) is 10.8 Å². The van der Waals surface area contributed by atoms with Gasteiger partial charge in [-0.25, -0.2) is 4.79 Å². The van der Waals surface area contributed by atoms with E-state index in [2.05, 4.69) is 15.5 Å². The van der Waals surface area contributed by atoms with Crippen molar-refractivity contribution in [3.8, 4) is 0 Å². The van der Waals surface area contributed by atoms with E-state index in [9.17, 15) is 9.59 Å². The van der Waals surface area contributed by atoms with Gasteiger partial charge >= 0.3 is 5.69 Å². The van der Waals surface area contributed by atoms with Crippen LogP contribution in [0.1, 0.15) is 33.1 Å². The van der Waals surface area contributed by atoms with E-state index in [0.29, 0.717) is 18.8 Å². The number of hydrogen-bond acceptors (Lipinski definition) is 4. The van der Waals surface area contributed by atoms with Crippen molar-refractivity contribution >= 4 is 5.91 Å². The third kappa shape index (κ3) is 3.15. The van der Waals surface area contributed by atoms with Crippen LogP contribution >= 0.6 is 0 Å². The van der Waals surface area contributed by atoms with Crippen molar-refractivity contribution in [2.24, 2.45) is 0 Å². The number of benzene rings is 1. The summed E-state index contributed by atoms with van der Waals surface area (Å²) >= 11 is 0. The molecule has 0 aliphatic rings. The number of rotatable bonds is 5. The molecule has 1 aromatic carbocycles. The van der Waals surface area contributed by atoms with Gasteiger partial charge < -0.3 is 14.8 Å². The van der Waals surface area contributed by atoms with Gasteiger partial charge in [0.2, 0.25) is 0 Å². The predicted octanol–water partition coefficient (Wildman–Crippen LogP) is 1.76. The van der Waals surface area contributed by atoms with E-state index in [1.807, 2.05) is 37.3 Å². The fourth-order valence-electron chi connectivity index (χ4n) is 2.52. The Morgan fingerprint density at radius 2 is 2.04 bits per heavy atom. The summed E-state index contributed by atoms with van der Waals surface area (Å²) in [6.45, 7) is 4.24. The minimum absolute atomic E-state index is 0.288. The molecule has 0 aliphatic heterocycles. The van der Waals surface area contributed by atoms with E-state index in [1.54, 1.807) is 6.92 Å². The van der Waals surface area contributed by atoms with Crippen LogP contribution in [0.2, 0.25) is 0 Å². The number of imidazole rings is 1. The molecule has 3 aromatic rings. The van der Waals surface area contributed by atoms with Gasteiger partial charge in [-0.15, -0.1) is 0 Å². The van der Waals surface area contributed by atoms with Crippen LogP contribution in [0.15, 0.2) is 45.8 Å². The van der Waals surface area contributed by atoms with Gasteiger partial charge in [-0.3, -0.25) is 9.36 Å². The van der Waals surface area contributed by atoms with Gasteiger partial charge in [0, 0.05) is 18.3 Å². The molecular formula is C17H18N4O3. The zero-order valence-corrected chi connectivity index (χ0v) is 13.5. The molecular weight excluding hydrogens is 308 g/mol. The summed E-state index contributed by atoms with van der Waals surface area (Å²) in [6, 6.07) is 9.51. The Labute approximate surface area is 138 Å². The highest BCUT2D eigenvalue weighted by Crippen LogP contribution is 2.12. The van der Waals surface area contributed by atoms with Crippen LogP contribution in [-0.2, 0) is 13.1 Å². The SMILES string of the molecule is Cc1noc(C)c1CNC(=O)c1c[nH]c(=O)n1Cc1ccccc1. The Morgan fingerprint density at radius 3 is 2.71 bits per heavy atom. The molecule has 0 bridgehead atoms. The number of aromatic amines is 1. The largest absolute Gasteiger partial charge is 0.361 e. The third-order valence-electron chi connectivity index (χ3n) is 3.89. The molecule has 0 radical (unpaired) electrons. The number of aromatic nitrogens is 3. The van der Waals surface area contributed by atoms with Crippen molar-refractivity contribution in [2.45, 2.75) is 26.9 Å². The van der Waals surface area contributed by atoms with Gasteiger partial charge in [-0.05, 0) is 19.4 Å². The van der Waals surface area contributed by atoms with E-state index in [-0.39, 0.29) is 17.3 Å². The molecule has 0 saturated carbocycles. The predicted molar refractivity (Wildman–Crippen MR) is 87.7 cm³/mol. The molecule has 2 heterocycles. The zero-order chi connectivity index (χ0) is 17.1. The Kier molecular flexibility index (Phi) is 4.33. The number of aryl methyl sites for hydroxylation is 2. The first-order valence-corrected chi connectivity index (χ1v) is 7.58. The number of H-pyrrole nitrogens is 1. The fourth-order valence-corrected chi connectivity index (χ4v) is 2.52. The van der Waals surface area contributed by atoms with Crippen molar-refractivity contribution in [3.63, 3.8) is 0 Å². The average Bonchev–Trinajstić information content (AvgIpc) is 3.10. The second-order valence-corrected chi connectivity index (χ2v) is 5.54. The molecule has 7 nitrogen and oxygen atoms in total. The lowest BCUT2D eigenvalue weighted by atomic mass is 10.2. The zero-order valence-electron chi connectivity index (χ0n) is 13.5.